The number of nitrogens with one attached hydrogen (secondary N) is 1. The van der Waals surface area contributed by atoms with Gasteiger partial charge in [0.1, 0.15) is 6.54 Å². The van der Waals surface area contributed by atoms with Gasteiger partial charge < -0.3 is 14.5 Å². The van der Waals surface area contributed by atoms with Crippen LogP contribution < -0.4 is 5.32 Å². The Hall–Kier alpha value is -2.41. The lowest BCUT2D eigenvalue weighted by Gasteiger charge is -2.05. The number of aromatic nitrogens is 2. The lowest BCUT2D eigenvalue weighted by Crippen LogP contribution is -2.30. The van der Waals surface area contributed by atoms with Gasteiger partial charge in [-0.25, -0.2) is 0 Å². The average molecular weight is 310 g/mol. The van der Waals surface area contributed by atoms with Crippen molar-refractivity contribution in [3.05, 3.63) is 46.6 Å². The zero-order valence-electron chi connectivity index (χ0n) is 11.1. The van der Waals surface area contributed by atoms with Crippen molar-refractivity contribution in [3.8, 4) is 0 Å². The molecule has 0 unspecified atom stereocenters. The number of hydrogen-bond acceptors (Lipinski definition) is 6. The van der Waals surface area contributed by atoms with Gasteiger partial charge in [0.2, 0.25) is 5.89 Å². The Kier molecular flexibility index (Phi) is 4.89. The summed E-state index contributed by atoms with van der Waals surface area (Å²) in [5.74, 6) is -0.410. The summed E-state index contributed by atoms with van der Waals surface area (Å²) >= 11 is 5.72. The number of halogens is 1. The van der Waals surface area contributed by atoms with Crippen LogP contribution in [-0.2, 0) is 16.1 Å². The number of nitrogens with zero attached hydrogens (tertiary/aromatic N) is 2. The Bertz CT molecular complexity index is 639. The number of carbonyl (C=O) groups excluding carboxylic acids is 2. The van der Waals surface area contributed by atoms with Gasteiger partial charge in [0.25, 0.3) is 11.8 Å². The van der Waals surface area contributed by atoms with Gasteiger partial charge in [-0.2, -0.15) is 0 Å². The summed E-state index contributed by atoms with van der Waals surface area (Å²) in [5.41, 5.74) is 0.403. The second-order valence-electron chi connectivity index (χ2n) is 4.07. The summed E-state index contributed by atoms with van der Waals surface area (Å²) in [6.07, 6.45) is 0. The van der Waals surface area contributed by atoms with Crippen molar-refractivity contribution in [1.82, 2.24) is 15.5 Å². The maximum absolute atomic E-state index is 11.7. The van der Waals surface area contributed by atoms with Gasteiger partial charge in [-0.1, -0.05) is 11.6 Å². The Morgan fingerprint density at radius 1 is 1.29 bits per heavy atom. The lowest BCUT2D eigenvalue weighted by molar-refractivity contribution is -0.144. The van der Waals surface area contributed by atoms with Crippen LogP contribution in [0.2, 0.25) is 5.02 Å². The van der Waals surface area contributed by atoms with E-state index in [1.54, 1.807) is 31.2 Å². The Labute approximate surface area is 125 Å². The predicted octanol–water partition coefficient (Wildman–Crippen LogP) is 1.50. The third-order valence-corrected chi connectivity index (χ3v) is 2.68. The van der Waals surface area contributed by atoms with Crippen LogP contribution >= 0.6 is 11.6 Å². The molecule has 110 valence electrons. The van der Waals surface area contributed by atoms with E-state index in [1.165, 1.54) is 0 Å². The molecule has 2 aromatic rings. The summed E-state index contributed by atoms with van der Waals surface area (Å²) in [4.78, 5) is 23.2. The van der Waals surface area contributed by atoms with Crippen LogP contribution in [0.25, 0.3) is 0 Å². The Balaban J connectivity index is 1.75. The van der Waals surface area contributed by atoms with Gasteiger partial charge in [-0.3, -0.25) is 9.59 Å². The van der Waals surface area contributed by atoms with E-state index in [1.807, 2.05) is 0 Å². The van der Waals surface area contributed by atoms with Crippen molar-refractivity contribution in [1.29, 1.82) is 0 Å². The number of esters is 1. The third-order valence-electron chi connectivity index (χ3n) is 2.42. The van der Waals surface area contributed by atoms with Gasteiger partial charge in [0, 0.05) is 17.5 Å². The van der Waals surface area contributed by atoms with Gasteiger partial charge in [-0.15, -0.1) is 10.2 Å². The minimum absolute atomic E-state index is 0.128. The summed E-state index contributed by atoms with van der Waals surface area (Å²) < 4.78 is 9.92. The van der Waals surface area contributed by atoms with Crippen molar-refractivity contribution in [2.45, 2.75) is 13.5 Å². The number of aryl methyl sites for hydroxylation is 1. The van der Waals surface area contributed by atoms with E-state index in [0.717, 1.165) is 0 Å². The van der Waals surface area contributed by atoms with Crippen LogP contribution in [0.15, 0.2) is 28.7 Å². The van der Waals surface area contributed by atoms with Crippen molar-refractivity contribution < 1.29 is 18.7 Å². The highest BCUT2D eigenvalue weighted by Gasteiger charge is 2.10. The molecule has 0 saturated heterocycles. The first kappa shape index (κ1) is 15.0. The zero-order chi connectivity index (χ0) is 15.2. The summed E-state index contributed by atoms with van der Waals surface area (Å²) in [5, 5.41) is 10.2. The number of carbonyl (C=O) groups is 2. The van der Waals surface area contributed by atoms with Crippen molar-refractivity contribution in [2.24, 2.45) is 0 Å². The molecule has 21 heavy (non-hydrogen) atoms. The van der Waals surface area contributed by atoms with Crippen LogP contribution in [-0.4, -0.2) is 28.6 Å². The third kappa shape index (κ3) is 4.57. The van der Waals surface area contributed by atoms with Crippen molar-refractivity contribution >= 4 is 23.5 Å². The largest absolute Gasteiger partial charge is 0.454 e. The summed E-state index contributed by atoms with van der Waals surface area (Å²) in [6, 6.07) is 6.30. The molecular weight excluding hydrogens is 298 g/mol. The summed E-state index contributed by atoms with van der Waals surface area (Å²) in [7, 11) is 0. The number of ether oxygens (including phenoxy) is 1. The molecule has 0 aliphatic heterocycles. The van der Waals surface area contributed by atoms with Gasteiger partial charge in [0.05, 0.1) is 0 Å². The van der Waals surface area contributed by atoms with Crippen LogP contribution in [0.5, 0.6) is 0 Å². The Morgan fingerprint density at radius 3 is 2.62 bits per heavy atom. The topological polar surface area (TPSA) is 94.3 Å². The molecule has 0 radical (unpaired) electrons. The van der Waals surface area contributed by atoms with E-state index in [4.69, 9.17) is 20.8 Å². The van der Waals surface area contributed by atoms with E-state index in [0.29, 0.717) is 16.5 Å². The second-order valence-corrected chi connectivity index (χ2v) is 4.50. The average Bonchev–Trinajstić information content (AvgIpc) is 2.89. The number of benzene rings is 1. The molecule has 0 bridgehead atoms. The minimum atomic E-state index is -0.604. The smallest absolute Gasteiger partial charge is 0.325 e. The van der Waals surface area contributed by atoms with Crippen molar-refractivity contribution in [3.63, 3.8) is 0 Å². The molecule has 8 heteroatoms. The number of amides is 1. The molecule has 1 heterocycles. The molecule has 0 fully saturated rings. The fourth-order valence-corrected chi connectivity index (χ4v) is 1.57. The zero-order valence-corrected chi connectivity index (χ0v) is 11.9. The molecule has 0 atom stereocenters. The van der Waals surface area contributed by atoms with E-state index < -0.39 is 11.9 Å². The van der Waals surface area contributed by atoms with Crippen molar-refractivity contribution in [2.75, 3.05) is 6.54 Å². The molecule has 1 N–H and O–H groups in total. The standard InChI is InChI=1S/C13H12ClN3O4/c1-8-16-17-11(21-8)7-20-12(18)6-15-13(19)9-2-4-10(14)5-3-9/h2-5H,6-7H2,1H3,(H,15,19). The second kappa shape index (κ2) is 6.85. The van der Waals surface area contributed by atoms with Crippen LogP contribution in [0.4, 0.5) is 0 Å². The monoisotopic (exact) mass is 309 g/mol. The van der Waals surface area contributed by atoms with E-state index in [-0.39, 0.29) is 19.0 Å². The Morgan fingerprint density at radius 2 is 2.00 bits per heavy atom. The number of hydrogen-bond donors (Lipinski definition) is 1. The quantitative estimate of drug-likeness (QED) is 0.841. The highest BCUT2D eigenvalue weighted by Crippen LogP contribution is 2.09. The molecule has 1 amide bonds. The fraction of sp³-hybridized carbons (Fsp3) is 0.231. The van der Waals surface area contributed by atoms with E-state index >= 15 is 0 Å². The molecule has 1 aromatic carbocycles. The van der Waals surface area contributed by atoms with E-state index in [9.17, 15) is 9.59 Å². The molecule has 0 saturated carbocycles. The predicted molar refractivity (Wildman–Crippen MR) is 72.6 cm³/mol. The molecule has 2 rings (SSSR count). The van der Waals surface area contributed by atoms with Gasteiger partial charge in [0.15, 0.2) is 6.61 Å². The molecule has 1 aromatic heterocycles. The highest BCUT2D eigenvalue weighted by molar-refractivity contribution is 6.30. The van der Waals surface area contributed by atoms with Crippen LogP contribution in [0, 0.1) is 6.92 Å². The van der Waals surface area contributed by atoms with Crippen LogP contribution in [0.1, 0.15) is 22.1 Å². The van der Waals surface area contributed by atoms with Gasteiger partial charge >= 0.3 is 5.97 Å². The molecule has 0 spiro atoms. The van der Waals surface area contributed by atoms with Gasteiger partial charge in [-0.05, 0) is 24.3 Å². The molecule has 7 nitrogen and oxygen atoms in total. The highest BCUT2D eigenvalue weighted by atomic mass is 35.5. The SMILES string of the molecule is Cc1nnc(COC(=O)CNC(=O)c2ccc(Cl)cc2)o1. The first-order valence-electron chi connectivity index (χ1n) is 6.03. The molecular formula is C13H12ClN3O4. The molecule has 0 aliphatic rings. The fourth-order valence-electron chi connectivity index (χ4n) is 1.44. The maximum Gasteiger partial charge on any atom is 0.325 e. The maximum atomic E-state index is 11.7. The van der Waals surface area contributed by atoms with E-state index in [2.05, 4.69) is 15.5 Å². The minimum Gasteiger partial charge on any atom is -0.454 e. The first-order valence-corrected chi connectivity index (χ1v) is 6.41. The first-order chi connectivity index (χ1) is 10.0. The summed E-state index contributed by atoms with van der Waals surface area (Å²) in [6.45, 7) is 1.25. The number of rotatable bonds is 5. The molecule has 0 aliphatic carbocycles. The van der Waals surface area contributed by atoms with Crippen LogP contribution in [0.3, 0.4) is 0 Å². The normalized spacial score (nSPS) is 10.2. The lowest BCUT2D eigenvalue weighted by atomic mass is 10.2.